The van der Waals surface area contributed by atoms with Crippen LogP contribution in [0.15, 0.2) is 78.6 Å². The monoisotopic (exact) mass is 437 g/mol. The number of para-hydroxylation sites is 1. The van der Waals surface area contributed by atoms with Crippen molar-refractivity contribution < 1.29 is 14.7 Å². The number of nitrogens with one attached hydrogen (secondary N) is 1. The third kappa shape index (κ3) is 3.49. The Morgan fingerprint density at radius 3 is 2.64 bits per heavy atom. The maximum Gasteiger partial charge on any atom is 0.296 e. The first-order chi connectivity index (χ1) is 16.0. The summed E-state index contributed by atoms with van der Waals surface area (Å²) in [6.45, 7) is 3.95. The Labute approximate surface area is 191 Å². The molecule has 1 atom stereocenters. The minimum atomic E-state index is -0.747. The topological polar surface area (TPSA) is 86.3 Å². The molecule has 1 fully saturated rings. The number of amides is 1. The number of nitrogens with zero attached hydrogens (tertiary/aromatic N) is 2. The number of carbonyl (C=O) groups is 2. The Bertz CT molecular complexity index is 1420. The van der Waals surface area contributed by atoms with E-state index in [9.17, 15) is 14.7 Å². The summed E-state index contributed by atoms with van der Waals surface area (Å²) in [7, 11) is 0. The van der Waals surface area contributed by atoms with Crippen LogP contribution in [0.4, 0.5) is 0 Å². The van der Waals surface area contributed by atoms with Crippen LogP contribution in [0.3, 0.4) is 0 Å². The molecule has 1 aliphatic rings. The Morgan fingerprint density at radius 1 is 1.06 bits per heavy atom. The van der Waals surface area contributed by atoms with Crippen molar-refractivity contribution in [1.29, 1.82) is 0 Å². The number of hydrogen-bond acceptors (Lipinski definition) is 4. The molecule has 164 valence electrons. The fraction of sp³-hybridized carbons (Fsp3) is 0.148. The highest BCUT2D eigenvalue weighted by Crippen LogP contribution is 2.42. The number of carbonyl (C=O) groups excluding carboxylic acids is 2. The molecule has 6 nitrogen and oxygen atoms in total. The molecule has 2 N–H and O–H groups in total. The van der Waals surface area contributed by atoms with E-state index in [0.29, 0.717) is 11.3 Å². The average molecular weight is 437 g/mol. The number of aryl methyl sites for hydroxylation is 2. The second kappa shape index (κ2) is 8.06. The van der Waals surface area contributed by atoms with E-state index in [-0.39, 0.29) is 17.9 Å². The zero-order chi connectivity index (χ0) is 23.1. The van der Waals surface area contributed by atoms with Gasteiger partial charge in [-0.15, -0.1) is 0 Å². The molecular formula is C27H23N3O3. The number of H-pyrrole nitrogens is 1. The predicted molar refractivity (Wildman–Crippen MR) is 126 cm³/mol. The number of Topliss-reactive ketones (excluding diaryl/α,β-unsaturated/α-hetero) is 1. The van der Waals surface area contributed by atoms with Crippen LogP contribution in [0, 0.1) is 13.8 Å². The summed E-state index contributed by atoms with van der Waals surface area (Å²) < 4.78 is 0. The number of aromatic amines is 1. The standard InChI is InChI=1S/C27H23N3O3/c1-16-10-11-17(2)20(13-16)25(31)23-24(21-14-29-22-9-4-3-8-19(21)22)30(27(33)26(23)32)15-18-7-5-6-12-28-18/h3-14,24,29,31H,15H2,1-2H3/b25-23+. The van der Waals surface area contributed by atoms with Gasteiger partial charge >= 0.3 is 0 Å². The van der Waals surface area contributed by atoms with Crippen molar-refractivity contribution in [3.8, 4) is 0 Å². The molecule has 1 saturated heterocycles. The van der Waals surface area contributed by atoms with Crippen molar-refractivity contribution in [2.75, 3.05) is 0 Å². The SMILES string of the molecule is Cc1ccc(C)c(/C(O)=C2\C(=O)C(=O)N(Cc3ccccn3)C2c2c[nH]c3ccccc23)c1. The Kier molecular flexibility index (Phi) is 5.05. The molecule has 0 bridgehead atoms. The number of likely N-dealkylation sites (tertiary alicyclic amines) is 1. The van der Waals surface area contributed by atoms with Crippen molar-refractivity contribution >= 4 is 28.4 Å². The highest BCUT2D eigenvalue weighted by atomic mass is 16.3. The van der Waals surface area contributed by atoms with E-state index in [4.69, 9.17) is 0 Å². The van der Waals surface area contributed by atoms with E-state index in [1.54, 1.807) is 12.3 Å². The number of pyridine rings is 1. The largest absolute Gasteiger partial charge is 0.507 e. The lowest BCUT2D eigenvalue weighted by molar-refractivity contribution is -0.140. The average Bonchev–Trinajstić information content (AvgIpc) is 3.35. The third-order valence-corrected chi connectivity index (χ3v) is 6.16. The predicted octanol–water partition coefficient (Wildman–Crippen LogP) is 4.80. The molecule has 1 aliphatic heterocycles. The fourth-order valence-electron chi connectivity index (χ4n) is 4.49. The number of aromatic nitrogens is 2. The quantitative estimate of drug-likeness (QED) is 0.273. The van der Waals surface area contributed by atoms with E-state index in [0.717, 1.165) is 27.6 Å². The molecule has 6 heteroatoms. The molecule has 3 heterocycles. The molecule has 1 amide bonds. The number of fused-ring (bicyclic) bond motifs is 1. The molecule has 5 rings (SSSR count). The second-order valence-electron chi connectivity index (χ2n) is 8.36. The number of aliphatic hydroxyl groups is 1. The molecule has 33 heavy (non-hydrogen) atoms. The van der Waals surface area contributed by atoms with Crippen molar-refractivity contribution in [2.45, 2.75) is 26.4 Å². The molecule has 4 aromatic rings. The fourth-order valence-corrected chi connectivity index (χ4v) is 4.49. The van der Waals surface area contributed by atoms with Gasteiger partial charge in [0.15, 0.2) is 0 Å². The smallest absolute Gasteiger partial charge is 0.296 e. The van der Waals surface area contributed by atoms with Gasteiger partial charge in [0.2, 0.25) is 0 Å². The highest BCUT2D eigenvalue weighted by molar-refractivity contribution is 6.46. The first-order valence-electron chi connectivity index (χ1n) is 10.8. The summed E-state index contributed by atoms with van der Waals surface area (Å²) in [4.78, 5) is 35.6. The van der Waals surface area contributed by atoms with Crippen molar-refractivity contribution in [1.82, 2.24) is 14.9 Å². The van der Waals surface area contributed by atoms with E-state index in [1.165, 1.54) is 4.90 Å². The Balaban J connectivity index is 1.74. The van der Waals surface area contributed by atoms with Gasteiger partial charge in [0.25, 0.3) is 11.7 Å². The normalized spacial score (nSPS) is 17.8. The molecule has 0 spiro atoms. The Morgan fingerprint density at radius 2 is 1.85 bits per heavy atom. The molecule has 2 aromatic carbocycles. The zero-order valence-electron chi connectivity index (χ0n) is 18.4. The summed E-state index contributed by atoms with van der Waals surface area (Å²) in [5.74, 6) is -1.50. The van der Waals surface area contributed by atoms with Crippen molar-refractivity contribution in [3.63, 3.8) is 0 Å². The summed E-state index contributed by atoms with van der Waals surface area (Å²) in [5, 5.41) is 12.3. The van der Waals surface area contributed by atoms with E-state index in [2.05, 4.69) is 9.97 Å². The number of aliphatic hydroxyl groups excluding tert-OH is 1. The minimum Gasteiger partial charge on any atom is -0.507 e. The van der Waals surface area contributed by atoms with Gasteiger partial charge in [0, 0.05) is 34.4 Å². The summed E-state index contributed by atoms with van der Waals surface area (Å²) in [6.07, 6.45) is 3.46. The Hall–Kier alpha value is -4.19. The number of benzene rings is 2. The summed E-state index contributed by atoms with van der Waals surface area (Å²) >= 11 is 0. The molecule has 0 radical (unpaired) electrons. The number of ketones is 1. The number of hydrogen-bond donors (Lipinski definition) is 2. The van der Waals surface area contributed by atoms with Crippen LogP contribution in [0.25, 0.3) is 16.7 Å². The molecular weight excluding hydrogens is 414 g/mol. The lowest BCUT2D eigenvalue weighted by Gasteiger charge is -2.24. The molecule has 2 aromatic heterocycles. The second-order valence-corrected chi connectivity index (χ2v) is 8.36. The molecule has 1 unspecified atom stereocenters. The van der Waals surface area contributed by atoms with Gasteiger partial charge in [0.1, 0.15) is 5.76 Å². The van der Waals surface area contributed by atoms with Crippen LogP contribution in [0.5, 0.6) is 0 Å². The van der Waals surface area contributed by atoms with Gasteiger partial charge < -0.3 is 15.0 Å². The van der Waals surface area contributed by atoms with Crippen LogP contribution >= 0.6 is 0 Å². The van der Waals surface area contributed by atoms with Gasteiger partial charge in [-0.25, -0.2) is 0 Å². The van der Waals surface area contributed by atoms with Gasteiger partial charge in [-0.1, -0.05) is 42.0 Å². The van der Waals surface area contributed by atoms with Crippen molar-refractivity contribution in [2.24, 2.45) is 0 Å². The van der Waals surface area contributed by atoms with Gasteiger partial charge in [-0.3, -0.25) is 14.6 Å². The lowest BCUT2D eigenvalue weighted by atomic mass is 9.93. The number of rotatable bonds is 4. The van der Waals surface area contributed by atoms with Gasteiger partial charge in [-0.05, 0) is 43.7 Å². The van der Waals surface area contributed by atoms with Crippen LogP contribution in [0.2, 0.25) is 0 Å². The van der Waals surface area contributed by atoms with Crippen LogP contribution < -0.4 is 0 Å². The van der Waals surface area contributed by atoms with Gasteiger partial charge in [0.05, 0.1) is 23.9 Å². The minimum absolute atomic E-state index is 0.0920. The van der Waals surface area contributed by atoms with E-state index in [1.807, 2.05) is 74.6 Å². The van der Waals surface area contributed by atoms with E-state index >= 15 is 0 Å². The van der Waals surface area contributed by atoms with Crippen LogP contribution in [-0.4, -0.2) is 31.7 Å². The highest BCUT2D eigenvalue weighted by Gasteiger charge is 2.47. The van der Waals surface area contributed by atoms with Gasteiger partial charge in [-0.2, -0.15) is 0 Å². The third-order valence-electron chi connectivity index (χ3n) is 6.16. The van der Waals surface area contributed by atoms with Crippen LogP contribution in [-0.2, 0) is 16.1 Å². The van der Waals surface area contributed by atoms with E-state index < -0.39 is 17.7 Å². The maximum atomic E-state index is 13.3. The van der Waals surface area contributed by atoms with Crippen molar-refractivity contribution in [3.05, 3.63) is 107 Å². The first-order valence-corrected chi connectivity index (χ1v) is 10.8. The van der Waals surface area contributed by atoms with Crippen LogP contribution in [0.1, 0.15) is 34.0 Å². The first kappa shape index (κ1) is 20.7. The lowest BCUT2D eigenvalue weighted by Crippen LogP contribution is -2.29. The molecule has 0 saturated carbocycles. The molecule has 0 aliphatic carbocycles. The summed E-state index contributed by atoms with van der Waals surface area (Å²) in [5.41, 5.74) is 4.73. The maximum absolute atomic E-state index is 13.3. The zero-order valence-corrected chi connectivity index (χ0v) is 18.4. The summed E-state index contributed by atoms with van der Waals surface area (Å²) in [6, 6.07) is 18.1.